The van der Waals surface area contributed by atoms with Crippen molar-refractivity contribution in [3.8, 4) is 0 Å². The summed E-state index contributed by atoms with van der Waals surface area (Å²) in [5, 5.41) is 5.79. The number of carbonyl (C=O) groups excluding carboxylic acids is 2. The third-order valence-corrected chi connectivity index (χ3v) is 4.93. The molecule has 0 unspecified atom stereocenters. The van der Waals surface area contributed by atoms with Crippen LogP contribution in [0.15, 0.2) is 41.1 Å². The number of carbonyl (C=O) groups is 2. The van der Waals surface area contributed by atoms with Crippen LogP contribution >= 0.6 is 0 Å². The van der Waals surface area contributed by atoms with Gasteiger partial charge < -0.3 is 20.0 Å². The average Bonchev–Trinajstić information content (AvgIpc) is 3.27. The number of aromatic nitrogens is 1. The number of hydrogen-bond acceptors (Lipinski definition) is 5. The Labute approximate surface area is 171 Å². The van der Waals surface area contributed by atoms with Crippen molar-refractivity contribution in [3.63, 3.8) is 0 Å². The lowest BCUT2D eigenvalue weighted by molar-refractivity contribution is -0.137. The number of rotatable bonds is 7. The zero-order valence-corrected chi connectivity index (χ0v) is 16.2. The summed E-state index contributed by atoms with van der Waals surface area (Å²) in [6, 6.07) is 5.53. The van der Waals surface area contributed by atoms with Gasteiger partial charge in [0, 0.05) is 38.3 Å². The normalized spacial score (nSPS) is 15.1. The monoisotopic (exact) mass is 424 g/mol. The minimum atomic E-state index is -4.40. The van der Waals surface area contributed by atoms with Gasteiger partial charge in [-0.2, -0.15) is 13.2 Å². The maximum absolute atomic E-state index is 12.5. The maximum atomic E-state index is 12.5. The first-order valence-corrected chi connectivity index (χ1v) is 9.72. The van der Waals surface area contributed by atoms with Crippen LogP contribution in [0.5, 0.6) is 0 Å². The highest BCUT2D eigenvalue weighted by Crippen LogP contribution is 2.28. The minimum Gasteiger partial charge on any atom is -0.459 e. The number of alkyl halides is 3. The molecule has 2 aromatic rings. The van der Waals surface area contributed by atoms with Crippen LogP contribution in [-0.4, -0.2) is 47.9 Å². The van der Waals surface area contributed by atoms with Gasteiger partial charge in [-0.15, -0.1) is 0 Å². The molecule has 1 aliphatic rings. The van der Waals surface area contributed by atoms with E-state index in [1.807, 2.05) is 0 Å². The molecule has 3 heterocycles. The highest BCUT2D eigenvalue weighted by molar-refractivity contribution is 5.91. The number of piperidine rings is 1. The average molecular weight is 424 g/mol. The lowest BCUT2D eigenvalue weighted by Gasteiger charge is -2.30. The first kappa shape index (κ1) is 21.7. The highest BCUT2D eigenvalue weighted by atomic mass is 19.4. The van der Waals surface area contributed by atoms with Gasteiger partial charge in [-0.05, 0) is 43.5 Å². The smallest absolute Gasteiger partial charge is 0.417 e. The third-order valence-electron chi connectivity index (χ3n) is 4.93. The quantitative estimate of drug-likeness (QED) is 0.667. The van der Waals surface area contributed by atoms with Crippen LogP contribution in [0.2, 0.25) is 0 Å². The zero-order valence-electron chi connectivity index (χ0n) is 16.2. The Kier molecular flexibility index (Phi) is 6.96. The Morgan fingerprint density at radius 1 is 1.17 bits per heavy atom. The van der Waals surface area contributed by atoms with E-state index >= 15 is 0 Å². The largest absolute Gasteiger partial charge is 0.459 e. The van der Waals surface area contributed by atoms with Crippen LogP contribution in [0.25, 0.3) is 0 Å². The predicted molar refractivity (Wildman–Crippen MR) is 103 cm³/mol. The Balaban J connectivity index is 1.31. The van der Waals surface area contributed by atoms with Crippen LogP contribution in [0.1, 0.15) is 35.4 Å². The fourth-order valence-corrected chi connectivity index (χ4v) is 3.23. The van der Waals surface area contributed by atoms with E-state index in [1.165, 1.54) is 12.3 Å². The van der Waals surface area contributed by atoms with Crippen LogP contribution in [0.3, 0.4) is 0 Å². The van der Waals surface area contributed by atoms with E-state index in [2.05, 4.69) is 15.6 Å². The van der Waals surface area contributed by atoms with E-state index in [0.29, 0.717) is 57.0 Å². The molecule has 1 aliphatic heterocycles. The first-order chi connectivity index (χ1) is 14.3. The number of amides is 2. The molecule has 1 fully saturated rings. The van der Waals surface area contributed by atoms with Gasteiger partial charge in [-0.3, -0.25) is 9.59 Å². The molecule has 0 radical (unpaired) electrons. The molecule has 2 aromatic heterocycles. The number of halogens is 3. The Bertz CT molecular complexity index is 830. The first-order valence-electron chi connectivity index (χ1n) is 9.72. The van der Waals surface area contributed by atoms with Crippen molar-refractivity contribution >= 4 is 17.6 Å². The molecule has 10 heteroatoms. The Hall–Kier alpha value is -3.04. The van der Waals surface area contributed by atoms with Crippen LogP contribution < -0.4 is 10.6 Å². The van der Waals surface area contributed by atoms with Crippen molar-refractivity contribution in [2.45, 2.75) is 25.4 Å². The number of likely N-dealkylation sites (tertiary alicyclic amines) is 1. The predicted octanol–water partition coefficient (Wildman–Crippen LogP) is 3.16. The number of nitrogens with one attached hydrogen (secondary N) is 2. The molecule has 7 nitrogen and oxygen atoms in total. The van der Waals surface area contributed by atoms with Gasteiger partial charge in [0.05, 0.1) is 11.8 Å². The molecule has 0 bridgehead atoms. The fourth-order valence-electron chi connectivity index (χ4n) is 3.23. The molecule has 1 saturated heterocycles. The fraction of sp³-hybridized carbons (Fsp3) is 0.450. The van der Waals surface area contributed by atoms with E-state index in [4.69, 9.17) is 4.42 Å². The highest BCUT2D eigenvalue weighted by Gasteiger charge is 2.30. The third kappa shape index (κ3) is 5.74. The summed E-state index contributed by atoms with van der Waals surface area (Å²) in [5.41, 5.74) is -0.794. The summed E-state index contributed by atoms with van der Waals surface area (Å²) in [6.07, 6.45) is -0.386. The molecule has 2 N–H and O–H groups in total. The standard InChI is InChI=1S/C20H23F3N4O3/c21-20(22,23)15-4-5-17(26-13-15)24-8-2-9-25-18(28)14-6-10-27(11-7-14)19(29)16-3-1-12-30-16/h1,3-5,12-14H,2,6-11H2,(H,24,26)(H,25,28). The van der Waals surface area contributed by atoms with E-state index in [0.717, 1.165) is 12.3 Å². The van der Waals surface area contributed by atoms with Gasteiger partial charge in [0.2, 0.25) is 5.91 Å². The van der Waals surface area contributed by atoms with Gasteiger partial charge in [-0.25, -0.2) is 4.98 Å². The molecule has 162 valence electrons. The lowest BCUT2D eigenvalue weighted by atomic mass is 9.95. The zero-order chi connectivity index (χ0) is 21.6. The number of nitrogens with zero attached hydrogens (tertiary/aromatic N) is 2. The van der Waals surface area contributed by atoms with Gasteiger partial charge >= 0.3 is 6.18 Å². The summed E-state index contributed by atoms with van der Waals surface area (Å²) in [4.78, 5) is 29.9. The summed E-state index contributed by atoms with van der Waals surface area (Å²) >= 11 is 0. The Morgan fingerprint density at radius 2 is 1.93 bits per heavy atom. The van der Waals surface area contributed by atoms with Gasteiger partial charge in [-0.1, -0.05) is 0 Å². The van der Waals surface area contributed by atoms with E-state index in [9.17, 15) is 22.8 Å². The molecule has 0 saturated carbocycles. The molecule has 30 heavy (non-hydrogen) atoms. The van der Waals surface area contributed by atoms with Crippen LogP contribution in [0, 0.1) is 5.92 Å². The van der Waals surface area contributed by atoms with E-state index < -0.39 is 11.7 Å². The molecule has 0 atom stereocenters. The van der Waals surface area contributed by atoms with Gasteiger partial charge in [0.25, 0.3) is 5.91 Å². The van der Waals surface area contributed by atoms with Gasteiger partial charge in [0.15, 0.2) is 5.76 Å². The summed E-state index contributed by atoms with van der Waals surface area (Å²) in [7, 11) is 0. The molecule has 0 aliphatic carbocycles. The van der Waals surface area contributed by atoms with Crippen molar-refractivity contribution < 1.29 is 27.2 Å². The second-order valence-electron chi connectivity index (χ2n) is 7.05. The molecular formula is C20H23F3N4O3. The SMILES string of the molecule is O=C(NCCCNc1ccc(C(F)(F)F)cn1)C1CCN(C(=O)c2ccco2)CC1. The van der Waals surface area contributed by atoms with Crippen molar-refractivity contribution in [3.05, 3.63) is 48.0 Å². The van der Waals surface area contributed by atoms with Gasteiger partial charge in [0.1, 0.15) is 5.82 Å². The van der Waals surface area contributed by atoms with Crippen LogP contribution in [-0.2, 0) is 11.0 Å². The number of anilines is 1. The summed E-state index contributed by atoms with van der Waals surface area (Å²) < 4.78 is 42.6. The number of pyridine rings is 1. The molecule has 2 amide bonds. The Morgan fingerprint density at radius 3 is 2.53 bits per heavy atom. The summed E-state index contributed by atoms with van der Waals surface area (Å²) in [6.45, 7) is 1.91. The number of furan rings is 1. The lowest BCUT2D eigenvalue weighted by Crippen LogP contribution is -2.43. The second-order valence-corrected chi connectivity index (χ2v) is 7.05. The topological polar surface area (TPSA) is 87.5 Å². The number of hydrogen-bond donors (Lipinski definition) is 2. The molecular weight excluding hydrogens is 401 g/mol. The maximum Gasteiger partial charge on any atom is 0.417 e. The molecule has 3 rings (SSSR count). The van der Waals surface area contributed by atoms with E-state index in [-0.39, 0.29) is 17.7 Å². The molecule has 0 spiro atoms. The minimum absolute atomic E-state index is 0.0484. The van der Waals surface area contributed by atoms with Crippen molar-refractivity contribution in [2.24, 2.45) is 5.92 Å². The van der Waals surface area contributed by atoms with Crippen molar-refractivity contribution in [1.82, 2.24) is 15.2 Å². The molecule has 0 aromatic carbocycles. The van der Waals surface area contributed by atoms with E-state index in [1.54, 1.807) is 17.0 Å². The second kappa shape index (κ2) is 9.64. The van der Waals surface area contributed by atoms with Crippen molar-refractivity contribution in [1.29, 1.82) is 0 Å². The van der Waals surface area contributed by atoms with Crippen molar-refractivity contribution in [2.75, 3.05) is 31.5 Å². The van der Waals surface area contributed by atoms with Crippen LogP contribution in [0.4, 0.5) is 19.0 Å². The summed E-state index contributed by atoms with van der Waals surface area (Å²) in [5.74, 6) is 0.292.